The topological polar surface area (TPSA) is 53.1 Å². The highest BCUT2D eigenvalue weighted by atomic mass is 79.9. The summed E-state index contributed by atoms with van der Waals surface area (Å²) in [6.45, 7) is 4.92. The Morgan fingerprint density at radius 2 is 2.33 bits per heavy atom. The van der Waals surface area contributed by atoms with Gasteiger partial charge in [0.25, 0.3) is 0 Å². The maximum Gasteiger partial charge on any atom is 0.0918 e. The molecule has 0 radical (unpaired) electrons. The number of amidine groups is 1. The van der Waals surface area contributed by atoms with Crippen molar-refractivity contribution in [2.45, 2.75) is 19.9 Å². The third kappa shape index (κ3) is 4.77. The van der Waals surface area contributed by atoms with E-state index in [1.54, 1.807) is 11.3 Å². The van der Waals surface area contributed by atoms with Crippen molar-refractivity contribution < 1.29 is 0 Å². The monoisotopic (exact) mass is 289 g/mol. The molecule has 0 spiro atoms. The first-order chi connectivity index (χ1) is 7.11. The fraction of sp³-hybridized carbons (Fsp3) is 0.500. The summed E-state index contributed by atoms with van der Waals surface area (Å²) < 4.78 is 1.17. The molecule has 0 atom stereocenters. The van der Waals surface area contributed by atoms with Gasteiger partial charge in [-0.05, 0) is 34.6 Å². The zero-order valence-corrected chi connectivity index (χ0v) is 11.2. The van der Waals surface area contributed by atoms with Crippen molar-refractivity contribution in [1.82, 2.24) is 4.90 Å². The van der Waals surface area contributed by atoms with E-state index in [1.165, 1.54) is 8.66 Å². The molecule has 0 aromatic carbocycles. The van der Waals surface area contributed by atoms with E-state index in [9.17, 15) is 0 Å². The molecule has 0 bridgehead atoms. The molecule has 1 aromatic heterocycles. The van der Waals surface area contributed by atoms with Crippen LogP contribution in [0.3, 0.4) is 0 Å². The molecule has 3 nitrogen and oxygen atoms in total. The highest BCUT2D eigenvalue weighted by molar-refractivity contribution is 9.11. The largest absolute Gasteiger partial charge is 0.388 e. The van der Waals surface area contributed by atoms with Crippen molar-refractivity contribution in [1.29, 1.82) is 5.41 Å². The molecular formula is C10H16BrN3S. The van der Waals surface area contributed by atoms with E-state index < -0.39 is 0 Å². The van der Waals surface area contributed by atoms with Gasteiger partial charge in [0.05, 0.1) is 9.62 Å². The number of hydrogen-bond donors (Lipinski definition) is 2. The lowest BCUT2D eigenvalue weighted by molar-refractivity contribution is 0.290. The van der Waals surface area contributed by atoms with Crippen LogP contribution in [0.25, 0.3) is 0 Å². The minimum absolute atomic E-state index is 0.265. The summed E-state index contributed by atoms with van der Waals surface area (Å²) in [5, 5.41) is 7.19. The summed E-state index contributed by atoms with van der Waals surface area (Å²) in [7, 11) is 0. The summed E-state index contributed by atoms with van der Waals surface area (Å²) in [4.78, 5) is 3.63. The second-order valence-electron chi connectivity index (χ2n) is 3.35. The van der Waals surface area contributed by atoms with Gasteiger partial charge in [-0.3, -0.25) is 10.3 Å². The summed E-state index contributed by atoms with van der Waals surface area (Å²) in [6.07, 6.45) is 0.653. The van der Waals surface area contributed by atoms with Crippen molar-refractivity contribution >= 4 is 33.1 Å². The van der Waals surface area contributed by atoms with Crippen molar-refractivity contribution in [2.24, 2.45) is 5.73 Å². The highest BCUT2D eigenvalue weighted by Crippen LogP contribution is 2.23. The SMILES string of the molecule is CCN(CCC(=N)N)Cc1ccc(Br)s1. The summed E-state index contributed by atoms with van der Waals surface area (Å²) >= 11 is 5.21. The quantitative estimate of drug-likeness (QED) is 0.625. The Morgan fingerprint density at radius 1 is 1.60 bits per heavy atom. The van der Waals surface area contributed by atoms with Crippen LogP contribution in [0.2, 0.25) is 0 Å². The zero-order chi connectivity index (χ0) is 11.3. The van der Waals surface area contributed by atoms with E-state index in [0.29, 0.717) is 6.42 Å². The summed E-state index contributed by atoms with van der Waals surface area (Å²) in [6, 6.07) is 4.20. The zero-order valence-electron chi connectivity index (χ0n) is 8.79. The van der Waals surface area contributed by atoms with Crippen molar-refractivity contribution in [2.75, 3.05) is 13.1 Å². The Labute approximate surface area is 103 Å². The van der Waals surface area contributed by atoms with Crippen molar-refractivity contribution in [3.05, 3.63) is 20.8 Å². The average molecular weight is 290 g/mol. The minimum atomic E-state index is 0.265. The highest BCUT2D eigenvalue weighted by Gasteiger charge is 2.05. The van der Waals surface area contributed by atoms with E-state index in [2.05, 4.69) is 39.9 Å². The molecule has 1 rings (SSSR count). The van der Waals surface area contributed by atoms with Gasteiger partial charge in [0.15, 0.2) is 0 Å². The maximum absolute atomic E-state index is 7.19. The number of nitrogens with zero attached hydrogens (tertiary/aromatic N) is 1. The van der Waals surface area contributed by atoms with Gasteiger partial charge in [-0.15, -0.1) is 11.3 Å². The molecule has 0 unspecified atom stereocenters. The standard InChI is InChI=1S/C10H16BrN3S/c1-2-14(6-5-10(12)13)7-8-3-4-9(11)15-8/h3-4H,2,5-7H2,1H3,(H3,12,13). The second-order valence-corrected chi connectivity index (χ2v) is 5.90. The van der Waals surface area contributed by atoms with Crippen LogP contribution >= 0.6 is 27.3 Å². The Hall–Kier alpha value is -0.390. The van der Waals surface area contributed by atoms with Crippen LogP contribution < -0.4 is 5.73 Å². The summed E-state index contributed by atoms with van der Waals surface area (Å²) in [5.74, 6) is 0.265. The lowest BCUT2D eigenvalue weighted by Crippen LogP contribution is -2.27. The van der Waals surface area contributed by atoms with E-state index in [-0.39, 0.29) is 5.84 Å². The molecule has 0 aliphatic carbocycles. The van der Waals surface area contributed by atoms with Crippen LogP contribution in [0, 0.1) is 5.41 Å². The van der Waals surface area contributed by atoms with Crippen LogP contribution in [0.5, 0.6) is 0 Å². The van der Waals surface area contributed by atoms with Gasteiger partial charge in [0.1, 0.15) is 0 Å². The van der Waals surface area contributed by atoms with Gasteiger partial charge in [-0.2, -0.15) is 0 Å². The predicted molar refractivity (Wildman–Crippen MR) is 69.5 cm³/mol. The average Bonchev–Trinajstić information content (AvgIpc) is 2.58. The third-order valence-electron chi connectivity index (χ3n) is 2.15. The maximum atomic E-state index is 7.19. The normalized spacial score (nSPS) is 10.9. The van der Waals surface area contributed by atoms with Crippen molar-refractivity contribution in [3.63, 3.8) is 0 Å². The molecule has 84 valence electrons. The van der Waals surface area contributed by atoms with Gasteiger partial charge in [-0.25, -0.2) is 0 Å². The molecule has 0 amide bonds. The number of rotatable bonds is 6. The molecule has 5 heteroatoms. The van der Waals surface area contributed by atoms with Crippen LogP contribution in [0.15, 0.2) is 15.9 Å². The lowest BCUT2D eigenvalue weighted by Gasteiger charge is -2.18. The van der Waals surface area contributed by atoms with Crippen molar-refractivity contribution in [3.8, 4) is 0 Å². The molecule has 1 aromatic rings. The summed E-state index contributed by atoms with van der Waals surface area (Å²) in [5.41, 5.74) is 5.34. The molecule has 0 saturated carbocycles. The van der Waals surface area contributed by atoms with E-state index >= 15 is 0 Å². The van der Waals surface area contributed by atoms with Crippen LogP contribution in [0.1, 0.15) is 18.2 Å². The first-order valence-corrected chi connectivity index (χ1v) is 6.52. The number of halogens is 1. The molecule has 15 heavy (non-hydrogen) atoms. The lowest BCUT2D eigenvalue weighted by atomic mass is 10.3. The van der Waals surface area contributed by atoms with Crippen LogP contribution in [-0.2, 0) is 6.54 Å². The smallest absolute Gasteiger partial charge is 0.0918 e. The second kappa shape index (κ2) is 6.25. The van der Waals surface area contributed by atoms with Gasteiger partial charge in [0, 0.05) is 24.4 Å². The molecular weight excluding hydrogens is 274 g/mol. The predicted octanol–water partition coefficient (Wildman–Crippen LogP) is 2.66. The molecule has 0 aliphatic rings. The Bertz CT molecular complexity index is 324. The minimum Gasteiger partial charge on any atom is -0.388 e. The van der Waals surface area contributed by atoms with Crippen LogP contribution in [0.4, 0.5) is 0 Å². The molecule has 0 fully saturated rings. The Kier molecular flexibility index (Phi) is 5.28. The van der Waals surface area contributed by atoms with E-state index in [4.69, 9.17) is 11.1 Å². The number of thiophene rings is 1. The van der Waals surface area contributed by atoms with Gasteiger partial charge in [0.2, 0.25) is 0 Å². The number of nitrogens with one attached hydrogen (secondary N) is 1. The van der Waals surface area contributed by atoms with Gasteiger partial charge >= 0.3 is 0 Å². The molecule has 1 heterocycles. The Balaban J connectivity index is 2.42. The third-order valence-corrected chi connectivity index (χ3v) is 3.76. The number of nitrogens with two attached hydrogens (primary N) is 1. The molecule has 0 saturated heterocycles. The molecule has 3 N–H and O–H groups in total. The fourth-order valence-electron chi connectivity index (χ4n) is 1.28. The first kappa shape index (κ1) is 12.7. The first-order valence-electron chi connectivity index (χ1n) is 4.91. The fourth-order valence-corrected chi connectivity index (χ4v) is 2.81. The Morgan fingerprint density at radius 3 is 2.80 bits per heavy atom. The van der Waals surface area contributed by atoms with Gasteiger partial charge in [-0.1, -0.05) is 6.92 Å². The number of hydrogen-bond acceptors (Lipinski definition) is 3. The van der Waals surface area contributed by atoms with E-state index in [1.807, 2.05) is 0 Å². The van der Waals surface area contributed by atoms with Crippen LogP contribution in [-0.4, -0.2) is 23.8 Å². The van der Waals surface area contributed by atoms with Gasteiger partial charge < -0.3 is 5.73 Å². The van der Waals surface area contributed by atoms with E-state index in [0.717, 1.165) is 19.6 Å². The molecule has 0 aliphatic heterocycles.